The van der Waals surface area contributed by atoms with Gasteiger partial charge in [-0.15, -0.1) is 0 Å². The summed E-state index contributed by atoms with van der Waals surface area (Å²) < 4.78 is 18.5. The molecule has 0 fully saturated rings. The van der Waals surface area contributed by atoms with Gasteiger partial charge in [0.05, 0.1) is 33.7 Å². The van der Waals surface area contributed by atoms with Gasteiger partial charge in [0.25, 0.3) is 5.91 Å². The number of benzene rings is 1. The number of amides is 1. The Bertz CT molecular complexity index is 795. The van der Waals surface area contributed by atoms with Crippen molar-refractivity contribution in [2.45, 2.75) is 0 Å². The lowest BCUT2D eigenvalue weighted by atomic mass is 10.2. The fraction of sp³-hybridized carbons (Fsp3) is 0.250. The molecule has 1 heterocycles. The van der Waals surface area contributed by atoms with E-state index in [0.717, 1.165) is 0 Å². The Balaban J connectivity index is 2.20. The molecule has 0 bridgehead atoms. The highest BCUT2D eigenvalue weighted by molar-refractivity contribution is 7.97. The SMILES string of the molecule is COc1cncc(C(=O)NNC(=Nc2c(OC)cccc2OC)NSC)n1. The van der Waals surface area contributed by atoms with E-state index in [4.69, 9.17) is 14.2 Å². The molecule has 0 saturated carbocycles. The molecule has 10 nitrogen and oxygen atoms in total. The Morgan fingerprint density at radius 3 is 2.37 bits per heavy atom. The van der Waals surface area contributed by atoms with Crippen molar-refractivity contribution in [2.75, 3.05) is 27.6 Å². The first-order valence-corrected chi connectivity index (χ1v) is 8.86. The molecule has 27 heavy (non-hydrogen) atoms. The summed E-state index contributed by atoms with van der Waals surface area (Å²) in [4.78, 5) is 24.6. The maximum absolute atomic E-state index is 12.2. The smallest absolute Gasteiger partial charge is 0.290 e. The molecule has 1 aromatic carbocycles. The van der Waals surface area contributed by atoms with Crippen molar-refractivity contribution in [1.82, 2.24) is 25.5 Å². The number of hydrogen-bond donors (Lipinski definition) is 3. The third kappa shape index (κ3) is 5.38. The molecule has 3 N–H and O–H groups in total. The summed E-state index contributed by atoms with van der Waals surface area (Å²) in [5.74, 6) is 1.01. The highest BCUT2D eigenvalue weighted by Gasteiger charge is 2.13. The summed E-state index contributed by atoms with van der Waals surface area (Å²) in [5.41, 5.74) is 5.75. The van der Waals surface area contributed by atoms with Crippen LogP contribution in [0.2, 0.25) is 0 Å². The predicted octanol–water partition coefficient (Wildman–Crippen LogP) is 1.29. The number of para-hydroxylation sites is 1. The first-order chi connectivity index (χ1) is 13.1. The van der Waals surface area contributed by atoms with Gasteiger partial charge in [0.15, 0.2) is 11.4 Å². The van der Waals surface area contributed by atoms with Gasteiger partial charge < -0.3 is 14.2 Å². The van der Waals surface area contributed by atoms with Gasteiger partial charge in [0.2, 0.25) is 11.8 Å². The summed E-state index contributed by atoms with van der Waals surface area (Å²) in [5, 5.41) is 0. The first-order valence-electron chi connectivity index (χ1n) is 7.64. The van der Waals surface area contributed by atoms with Crippen LogP contribution in [0.15, 0.2) is 35.6 Å². The number of hydrazine groups is 1. The molecule has 1 aromatic heterocycles. The molecule has 1 amide bonds. The lowest BCUT2D eigenvalue weighted by Crippen LogP contribution is -2.46. The lowest BCUT2D eigenvalue weighted by Gasteiger charge is -2.14. The van der Waals surface area contributed by atoms with Gasteiger partial charge in [0.1, 0.15) is 11.5 Å². The van der Waals surface area contributed by atoms with E-state index in [0.29, 0.717) is 17.2 Å². The van der Waals surface area contributed by atoms with Gasteiger partial charge in [-0.05, 0) is 12.1 Å². The molecule has 0 spiro atoms. The minimum Gasteiger partial charge on any atom is -0.494 e. The fourth-order valence-corrected chi connectivity index (χ4v) is 2.25. The number of ether oxygens (including phenoxy) is 3. The van der Waals surface area contributed by atoms with Crippen molar-refractivity contribution in [3.63, 3.8) is 0 Å². The quantitative estimate of drug-likeness (QED) is 0.289. The Kier molecular flexibility index (Phi) is 7.49. The highest BCUT2D eigenvalue weighted by atomic mass is 32.2. The fourth-order valence-electron chi connectivity index (χ4n) is 1.96. The molecular weight excluding hydrogens is 372 g/mol. The zero-order chi connectivity index (χ0) is 19.6. The number of carbonyl (C=O) groups excluding carboxylic acids is 1. The van der Waals surface area contributed by atoms with Crippen molar-refractivity contribution < 1.29 is 19.0 Å². The molecule has 2 aromatic rings. The Labute approximate surface area is 160 Å². The van der Waals surface area contributed by atoms with E-state index in [1.54, 1.807) is 18.2 Å². The van der Waals surface area contributed by atoms with Crippen LogP contribution in [-0.2, 0) is 0 Å². The third-order valence-corrected chi connectivity index (χ3v) is 3.57. The van der Waals surface area contributed by atoms with Crippen molar-refractivity contribution in [1.29, 1.82) is 0 Å². The number of methoxy groups -OCH3 is 3. The molecular formula is C16H20N6O4S. The van der Waals surface area contributed by atoms with E-state index in [9.17, 15) is 4.79 Å². The Morgan fingerprint density at radius 2 is 1.78 bits per heavy atom. The van der Waals surface area contributed by atoms with E-state index in [-0.39, 0.29) is 17.5 Å². The van der Waals surface area contributed by atoms with Crippen LogP contribution in [0, 0.1) is 0 Å². The minimum atomic E-state index is -0.510. The first kappa shape index (κ1) is 20.1. The van der Waals surface area contributed by atoms with Crippen LogP contribution in [0.4, 0.5) is 5.69 Å². The van der Waals surface area contributed by atoms with E-state index in [2.05, 4.69) is 30.5 Å². The molecule has 0 radical (unpaired) electrons. The topological polar surface area (TPSA) is 119 Å². The Morgan fingerprint density at radius 1 is 1.07 bits per heavy atom. The standard InChI is InChI=1S/C16H20N6O4S/c1-24-11-6-5-7-12(25-2)14(11)19-16(22-27-4)21-20-15(23)10-8-17-9-13(18-10)26-3/h5-9H,1-4H3,(H,20,23)(H2,19,21,22). The normalized spacial score (nSPS) is 10.7. The summed E-state index contributed by atoms with van der Waals surface area (Å²) in [6.45, 7) is 0. The van der Waals surface area contributed by atoms with Crippen LogP contribution in [0.1, 0.15) is 10.5 Å². The number of nitrogens with one attached hydrogen (secondary N) is 3. The minimum absolute atomic E-state index is 0.0835. The second-order valence-corrected chi connectivity index (χ2v) is 5.42. The number of carbonyl (C=O) groups is 1. The molecule has 144 valence electrons. The molecule has 0 saturated heterocycles. The number of guanidine groups is 1. The number of aromatic nitrogens is 2. The average molecular weight is 392 g/mol. The number of hydrogen-bond acceptors (Lipinski definition) is 8. The van der Waals surface area contributed by atoms with Gasteiger partial charge in [-0.1, -0.05) is 18.0 Å². The molecule has 2 rings (SSSR count). The molecule has 0 unspecified atom stereocenters. The van der Waals surface area contributed by atoms with Crippen LogP contribution in [-0.4, -0.2) is 49.4 Å². The summed E-state index contributed by atoms with van der Waals surface area (Å²) >= 11 is 1.29. The van der Waals surface area contributed by atoms with Crippen molar-refractivity contribution in [3.05, 3.63) is 36.3 Å². The van der Waals surface area contributed by atoms with Crippen LogP contribution < -0.4 is 29.8 Å². The maximum atomic E-state index is 12.2. The average Bonchev–Trinajstić information content (AvgIpc) is 2.71. The summed E-state index contributed by atoms with van der Waals surface area (Å²) in [7, 11) is 4.51. The molecule has 0 aliphatic carbocycles. The predicted molar refractivity (Wildman–Crippen MR) is 102 cm³/mol. The van der Waals surface area contributed by atoms with Gasteiger partial charge in [-0.2, -0.15) is 0 Å². The second kappa shape index (κ2) is 10.1. The summed E-state index contributed by atoms with van der Waals surface area (Å²) in [6.07, 6.45) is 4.54. The van der Waals surface area contributed by atoms with Crippen molar-refractivity contribution >= 4 is 29.5 Å². The lowest BCUT2D eigenvalue weighted by molar-refractivity contribution is 0.0937. The zero-order valence-corrected chi connectivity index (χ0v) is 16.1. The van der Waals surface area contributed by atoms with Crippen molar-refractivity contribution in [2.24, 2.45) is 4.99 Å². The third-order valence-electron chi connectivity index (χ3n) is 3.17. The zero-order valence-electron chi connectivity index (χ0n) is 15.3. The van der Waals surface area contributed by atoms with E-state index in [1.807, 2.05) is 6.26 Å². The number of aliphatic imine (C=N–C) groups is 1. The maximum Gasteiger partial charge on any atom is 0.290 e. The molecule has 0 aliphatic heterocycles. The van der Waals surface area contributed by atoms with E-state index < -0.39 is 5.91 Å². The van der Waals surface area contributed by atoms with Gasteiger partial charge >= 0.3 is 0 Å². The van der Waals surface area contributed by atoms with Gasteiger partial charge in [0, 0.05) is 6.26 Å². The molecule has 0 aliphatic rings. The number of nitrogens with zero attached hydrogens (tertiary/aromatic N) is 3. The highest BCUT2D eigenvalue weighted by Crippen LogP contribution is 2.36. The van der Waals surface area contributed by atoms with Crippen LogP contribution in [0.3, 0.4) is 0 Å². The Hall–Kier alpha value is -3.21. The van der Waals surface area contributed by atoms with Crippen LogP contribution in [0.5, 0.6) is 17.4 Å². The molecule has 11 heteroatoms. The van der Waals surface area contributed by atoms with Crippen molar-refractivity contribution in [3.8, 4) is 17.4 Å². The molecule has 0 atom stereocenters. The van der Waals surface area contributed by atoms with Crippen LogP contribution >= 0.6 is 11.9 Å². The van der Waals surface area contributed by atoms with Gasteiger partial charge in [-0.3, -0.25) is 25.4 Å². The van der Waals surface area contributed by atoms with E-state index in [1.165, 1.54) is 45.7 Å². The second-order valence-electron chi connectivity index (χ2n) is 4.80. The van der Waals surface area contributed by atoms with Gasteiger partial charge in [-0.25, -0.2) is 9.98 Å². The van der Waals surface area contributed by atoms with E-state index >= 15 is 0 Å². The summed E-state index contributed by atoms with van der Waals surface area (Å²) in [6, 6.07) is 5.29. The largest absolute Gasteiger partial charge is 0.494 e. The number of rotatable bonds is 6. The monoisotopic (exact) mass is 392 g/mol. The van der Waals surface area contributed by atoms with Crippen LogP contribution in [0.25, 0.3) is 0 Å².